The van der Waals surface area contributed by atoms with Crippen molar-refractivity contribution in [1.82, 2.24) is 4.98 Å². The van der Waals surface area contributed by atoms with Crippen LogP contribution >= 0.6 is 15.9 Å². The Morgan fingerprint density at radius 2 is 1.95 bits per heavy atom. The van der Waals surface area contributed by atoms with Gasteiger partial charge in [-0.05, 0) is 34.1 Å². The van der Waals surface area contributed by atoms with Crippen LogP contribution in [0.15, 0.2) is 47.1 Å². The number of aromatic nitrogens is 1. The maximum absolute atomic E-state index is 12.5. The van der Waals surface area contributed by atoms with E-state index in [1.807, 2.05) is 18.3 Å². The number of anilines is 2. The molecular formula is C15H12BrN3O. The summed E-state index contributed by atoms with van der Waals surface area (Å²) in [7, 11) is 0. The first-order valence-corrected chi connectivity index (χ1v) is 6.82. The first-order chi connectivity index (χ1) is 9.58. The second-order valence-electron chi connectivity index (χ2n) is 4.53. The van der Waals surface area contributed by atoms with Gasteiger partial charge in [-0.3, -0.25) is 4.79 Å². The maximum Gasteiger partial charge on any atom is 0.195 e. The standard InChI is InChI=1S/C15H12BrN3O/c16-11-7-19-13-6-8(4-5-9(11)13)15(20)10-2-1-3-12(17)14(10)18/h1-7,19H,17-18H2. The average molecular weight is 330 g/mol. The number of hydrogen-bond donors (Lipinski definition) is 3. The number of fused-ring (bicyclic) bond motifs is 1. The maximum atomic E-state index is 12.5. The van der Waals surface area contributed by atoms with E-state index in [9.17, 15) is 4.79 Å². The summed E-state index contributed by atoms with van der Waals surface area (Å²) in [4.78, 5) is 15.6. The number of benzene rings is 2. The van der Waals surface area contributed by atoms with Crippen LogP contribution in [0.1, 0.15) is 15.9 Å². The van der Waals surface area contributed by atoms with Gasteiger partial charge in [0.1, 0.15) is 0 Å². The number of H-pyrrole nitrogens is 1. The van der Waals surface area contributed by atoms with Gasteiger partial charge in [0.05, 0.1) is 11.4 Å². The minimum Gasteiger partial charge on any atom is -0.397 e. The Morgan fingerprint density at radius 1 is 1.15 bits per heavy atom. The fourth-order valence-electron chi connectivity index (χ4n) is 2.17. The minimum atomic E-state index is -0.137. The fourth-order valence-corrected chi connectivity index (χ4v) is 2.63. The van der Waals surface area contributed by atoms with Gasteiger partial charge in [0.2, 0.25) is 0 Å². The third-order valence-electron chi connectivity index (χ3n) is 3.28. The quantitative estimate of drug-likeness (QED) is 0.498. The molecule has 5 N–H and O–H groups in total. The van der Waals surface area contributed by atoms with Gasteiger partial charge in [0.15, 0.2) is 5.78 Å². The second kappa shape index (κ2) is 4.68. The smallest absolute Gasteiger partial charge is 0.195 e. The van der Waals surface area contributed by atoms with Crippen molar-refractivity contribution in [3.05, 3.63) is 58.2 Å². The molecule has 0 aliphatic carbocycles. The van der Waals surface area contributed by atoms with E-state index in [2.05, 4.69) is 20.9 Å². The molecule has 2 aromatic carbocycles. The number of nitrogens with one attached hydrogen (secondary N) is 1. The predicted octanol–water partition coefficient (Wildman–Crippen LogP) is 3.33. The van der Waals surface area contributed by atoms with Crippen LogP contribution < -0.4 is 11.5 Å². The van der Waals surface area contributed by atoms with Gasteiger partial charge in [0.25, 0.3) is 0 Å². The molecule has 0 saturated carbocycles. The van der Waals surface area contributed by atoms with E-state index in [1.54, 1.807) is 24.3 Å². The first-order valence-electron chi connectivity index (χ1n) is 6.03. The molecule has 0 atom stereocenters. The van der Waals surface area contributed by atoms with Gasteiger partial charge in [-0.1, -0.05) is 18.2 Å². The summed E-state index contributed by atoms with van der Waals surface area (Å²) in [5, 5.41) is 1.03. The number of ketones is 1. The lowest BCUT2D eigenvalue weighted by molar-refractivity contribution is 0.103. The Morgan fingerprint density at radius 3 is 2.75 bits per heavy atom. The zero-order valence-electron chi connectivity index (χ0n) is 10.5. The molecule has 100 valence electrons. The van der Waals surface area contributed by atoms with E-state index in [0.29, 0.717) is 22.5 Å². The highest BCUT2D eigenvalue weighted by atomic mass is 79.9. The lowest BCUT2D eigenvalue weighted by Gasteiger charge is -2.07. The van der Waals surface area contributed by atoms with Crippen molar-refractivity contribution >= 4 is 44.0 Å². The molecule has 0 unspecified atom stereocenters. The van der Waals surface area contributed by atoms with Crippen LogP contribution in [0.3, 0.4) is 0 Å². The number of para-hydroxylation sites is 1. The van der Waals surface area contributed by atoms with E-state index >= 15 is 0 Å². The van der Waals surface area contributed by atoms with Crippen LogP contribution in [0.5, 0.6) is 0 Å². The molecule has 0 aliphatic heterocycles. The SMILES string of the molecule is Nc1cccc(C(=O)c2ccc3c(Br)c[nH]c3c2)c1N. The van der Waals surface area contributed by atoms with E-state index < -0.39 is 0 Å². The van der Waals surface area contributed by atoms with Crippen LogP contribution in [0.25, 0.3) is 10.9 Å². The van der Waals surface area contributed by atoms with E-state index in [1.165, 1.54) is 0 Å². The molecule has 0 radical (unpaired) electrons. The van der Waals surface area contributed by atoms with Gasteiger partial charge in [-0.2, -0.15) is 0 Å². The largest absolute Gasteiger partial charge is 0.397 e. The molecule has 0 saturated heterocycles. The van der Waals surface area contributed by atoms with Crippen molar-refractivity contribution in [2.75, 3.05) is 11.5 Å². The highest BCUT2D eigenvalue weighted by Gasteiger charge is 2.14. The second-order valence-corrected chi connectivity index (χ2v) is 5.39. The number of nitrogens with two attached hydrogens (primary N) is 2. The Hall–Kier alpha value is -2.27. The van der Waals surface area contributed by atoms with Crippen LogP contribution in [0, 0.1) is 0 Å². The minimum absolute atomic E-state index is 0.137. The molecule has 0 fully saturated rings. The van der Waals surface area contributed by atoms with E-state index in [-0.39, 0.29) is 5.78 Å². The van der Waals surface area contributed by atoms with Gasteiger partial charge in [-0.15, -0.1) is 0 Å². The number of rotatable bonds is 2. The van der Waals surface area contributed by atoms with Gasteiger partial charge in [0, 0.05) is 32.7 Å². The molecule has 0 bridgehead atoms. The molecule has 0 spiro atoms. The number of halogens is 1. The highest BCUT2D eigenvalue weighted by molar-refractivity contribution is 9.10. The van der Waals surface area contributed by atoms with Crippen LogP contribution in [-0.4, -0.2) is 10.8 Å². The molecule has 1 aromatic heterocycles. The lowest BCUT2D eigenvalue weighted by atomic mass is 10.0. The molecular weight excluding hydrogens is 318 g/mol. The van der Waals surface area contributed by atoms with Gasteiger partial charge in [-0.25, -0.2) is 0 Å². The number of hydrogen-bond acceptors (Lipinski definition) is 3. The summed E-state index contributed by atoms with van der Waals surface area (Å²) in [6.45, 7) is 0. The summed E-state index contributed by atoms with van der Waals surface area (Å²) in [5.74, 6) is -0.137. The Bertz CT molecular complexity index is 823. The van der Waals surface area contributed by atoms with Crippen molar-refractivity contribution in [3.63, 3.8) is 0 Å². The summed E-state index contributed by atoms with van der Waals surface area (Å²) < 4.78 is 0.968. The lowest BCUT2D eigenvalue weighted by Crippen LogP contribution is -2.07. The van der Waals surface area contributed by atoms with E-state index in [0.717, 1.165) is 15.4 Å². The van der Waals surface area contributed by atoms with Crippen molar-refractivity contribution in [3.8, 4) is 0 Å². The summed E-state index contributed by atoms with van der Waals surface area (Å²) in [6, 6.07) is 10.6. The topological polar surface area (TPSA) is 84.9 Å². The van der Waals surface area contributed by atoms with Crippen LogP contribution in [0.4, 0.5) is 11.4 Å². The normalized spacial score (nSPS) is 10.8. The van der Waals surface area contributed by atoms with E-state index in [4.69, 9.17) is 11.5 Å². The molecule has 0 amide bonds. The molecule has 3 aromatic rings. The van der Waals surface area contributed by atoms with Crippen molar-refractivity contribution < 1.29 is 4.79 Å². The van der Waals surface area contributed by atoms with Crippen LogP contribution in [0.2, 0.25) is 0 Å². The number of aromatic amines is 1. The Kier molecular flexibility index (Phi) is 2.99. The van der Waals surface area contributed by atoms with Gasteiger partial charge < -0.3 is 16.5 Å². The third-order valence-corrected chi connectivity index (χ3v) is 3.93. The third kappa shape index (κ3) is 1.96. The summed E-state index contributed by atoms with van der Waals surface area (Å²) in [5.41, 5.74) is 14.3. The fraction of sp³-hybridized carbons (Fsp3) is 0. The predicted molar refractivity (Wildman–Crippen MR) is 84.7 cm³/mol. The average Bonchev–Trinajstić information content (AvgIpc) is 2.82. The Balaban J connectivity index is 2.10. The molecule has 3 rings (SSSR count). The molecule has 4 nitrogen and oxygen atoms in total. The molecule has 0 aliphatic rings. The number of carbonyl (C=O) groups excluding carboxylic acids is 1. The first kappa shape index (κ1) is 12.7. The van der Waals surface area contributed by atoms with Crippen molar-refractivity contribution in [2.45, 2.75) is 0 Å². The monoisotopic (exact) mass is 329 g/mol. The molecule has 1 heterocycles. The number of nitrogen functional groups attached to an aromatic ring is 2. The zero-order chi connectivity index (χ0) is 14.3. The summed E-state index contributed by atoms with van der Waals surface area (Å²) >= 11 is 3.44. The highest BCUT2D eigenvalue weighted by Crippen LogP contribution is 2.27. The zero-order valence-corrected chi connectivity index (χ0v) is 12.1. The summed E-state index contributed by atoms with van der Waals surface area (Å²) in [6.07, 6.45) is 1.84. The van der Waals surface area contributed by atoms with Crippen molar-refractivity contribution in [1.29, 1.82) is 0 Å². The number of carbonyl (C=O) groups is 1. The van der Waals surface area contributed by atoms with Gasteiger partial charge >= 0.3 is 0 Å². The Labute approximate surface area is 123 Å². The van der Waals surface area contributed by atoms with Crippen molar-refractivity contribution in [2.24, 2.45) is 0 Å². The van der Waals surface area contributed by atoms with Crippen LogP contribution in [-0.2, 0) is 0 Å². The molecule has 5 heteroatoms. The molecule has 20 heavy (non-hydrogen) atoms.